The Morgan fingerprint density at radius 2 is 1.80 bits per heavy atom. The van der Waals surface area contributed by atoms with Gasteiger partial charge in [-0.05, 0) is 35.7 Å². The molecule has 0 atom stereocenters. The molecule has 9 nitrogen and oxygen atoms in total. The zero-order valence-electron chi connectivity index (χ0n) is 17.6. The number of aromatic nitrogens is 2. The Balaban J connectivity index is 1.45. The molecule has 0 aliphatic heterocycles. The number of carbonyl (C=O) groups is 1. The lowest BCUT2D eigenvalue weighted by Crippen LogP contribution is -2.12. The van der Waals surface area contributed by atoms with Crippen molar-refractivity contribution in [2.24, 2.45) is 0 Å². The van der Waals surface area contributed by atoms with Crippen molar-refractivity contribution in [2.45, 2.75) is 9.10 Å². The highest BCUT2D eigenvalue weighted by molar-refractivity contribution is 7.93. The van der Waals surface area contributed by atoms with Crippen molar-refractivity contribution in [3.63, 3.8) is 0 Å². The van der Waals surface area contributed by atoms with Gasteiger partial charge < -0.3 is 0 Å². The monoisotopic (exact) mass is 522 g/mol. The number of thiazole rings is 1. The van der Waals surface area contributed by atoms with Crippen molar-refractivity contribution in [2.75, 3.05) is 5.32 Å². The predicted octanol–water partition coefficient (Wildman–Crippen LogP) is 5.41. The van der Waals surface area contributed by atoms with Gasteiger partial charge in [-0.15, -0.1) is 11.3 Å². The van der Waals surface area contributed by atoms with Crippen molar-refractivity contribution in [1.29, 1.82) is 0 Å². The number of hydrogen-bond acceptors (Lipinski definition) is 9. The number of sulfone groups is 1. The summed E-state index contributed by atoms with van der Waals surface area (Å²) in [6, 6.07) is 17.4. The topological polar surface area (TPSA) is 132 Å². The Morgan fingerprint density at radius 3 is 2.51 bits per heavy atom. The fraction of sp³-hybridized carbons (Fsp3) is 0. The number of nitrogens with one attached hydrogen (secondary N) is 1. The van der Waals surface area contributed by atoms with Gasteiger partial charge >= 0.3 is 0 Å². The summed E-state index contributed by atoms with van der Waals surface area (Å²) in [7, 11) is -3.96. The van der Waals surface area contributed by atoms with Crippen LogP contribution in [0.15, 0.2) is 87.4 Å². The summed E-state index contributed by atoms with van der Waals surface area (Å²) in [6.07, 6.45) is 1.15. The first kappa shape index (κ1) is 22.8. The number of hydrogen-bond donors (Lipinski definition) is 1. The van der Waals surface area contributed by atoms with Crippen molar-refractivity contribution < 1.29 is 18.1 Å². The Bertz CT molecular complexity index is 1680. The molecule has 35 heavy (non-hydrogen) atoms. The number of carbonyl (C=O) groups excluding carboxylic acids is 1. The van der Waals surface area contributed by atoms with Crippen LogP contribution in [0.5, 0.6) is 0 Å². The molecule has 0 aliphatic rings. The first-order valence-corrected chi connectivity index (χ1v) is 13.2. The minimum atomic E-state index is -3.96. The molecule has 0 fully saturated rings. The number of rotatable bonds is 6. The lowest BCUT2D eigenvalue weighted by Gasteiger charge is -2.08. The summed E-state index contributed by atoms with van der Waals surface area (Å²) < 4.78 is 25.7. The van der Waals surface area contributed by atoms with E-state index < -0.39 is 20.7 Å². The first-order chi connectivity index (χ1) is 16.8. The molecule has 174 valence electrons. The number of non-ortho nitro benzene ring substituents is 1. The van der Waals surface area contributed by atoms with Gasteiger partial charge in [0.05, 0.1) is 37.7 Å². The third-order valence-corrected chi connectivity index (χ3v) is 9.10. The molecule has 0 radical (unpaired) electrons. The average Bonchev–Trinajstić information content (AvgIpc) is 3.56. The van der Waals surface area contributed by atoms with Gasteiger partial charge in [0.25, 0.3) is 11.6 Å². The van der Waals surface area contributed by atoms with Gasteiger partial charge in [-0.3, -0.25) is 20.2 Å². The SMILES string of the molecule is O=C(Nc1ncc(S(=O)(=O)c2ccc([N+](=O)[O-])cc2)s1)c1cc(-c2cccs2)nc2ccccc12. The Kier molecular flexibility index (Phi) is 5.84. The van der Waals surface area contributed by atoms with Crippen LogP contribution in [-0.4, -0.2) is 29.2 Å². The molecule has 5 rings (SSSR count). The van der Waals surface area contributed by atoms with Gasteiger partial charge in [0.15, 0.2) is 5.13 Å². The van der Waals surface area contributed by atoms with Gasteiger partial charge in [-0.1, -0.05) is 35.6 Å². The minimum absolute atomic E-state index is 0.0967. The number of nitrogens with zero attached hydrogens (tertiary/aromatic N) is 3. The molecule has 0 unspecified atom stereocenters. The maximum atomic E-state index is 13.2. The highest BCUT2D eigenvalue weighted by atomic mass is 32.2. The van der Waals surface area contributed by atoms with Crippen LogP contribution in [0.25, 0.3) is 21.5 Å². The molecule has 0 bridgehead atoms. The molecule has 0 aliphatic carbocycles. The number of nitro benzene ring substituents is 1. The molecule has 0 spiro atoms. The number of fused-ring (bicyclic) bond motifs is 1. The van der Waals surface area contributed by atoms with Crippen LogP contribution in [0.1, 0.15) is 10.4 Å². The molecule has 3 heterocycles. The maximum absolute atomic E-state index is 13.2. The van der Waals surface area contributed by atoms with Crippen LogP contribution < -0.4 is 5.32 Å². The summed E-state index contributed by atoms with van der Waals surface area (Å²) in [5.41, 5.74) is 1.48. The second-order valence-corrected chi connectivity index (χ2v) is 11.4. The summed E-state index contributed by atoms with van der Waals surface area (Å²) in [6.45, 7) is 0. The van der Waals surface area contributed by atoms with Gasteiger partial charge in [0, 0.05) is 17.5 Å². The number of thiophene rings is 1. The van der Waals surface area contributed by atoms with Crippen molar-refractivity contribution in [1.82, 2.24) is 9.97 Å². The molecule has 5 aromatic rings. The normalized spacial score (nSPS) is 11.4. The number of para-hydroxylation sites is 1. The average molecular weight is 523 g/mol. The fourth-order valence-corrected chi connectivity index (χ4v) is 6.50. The number of anilines is 1. The van der Waals surface area contributed by atoms with E-state index >= 15 is 0 Å². The van der Waals surface area contributed by atoms with E-state index in [1.54, 1.807) is 12.1 Å². The molecule has 1 amide bonds. The molecule has 2 aromatic carbocycles. The van der Waals surface area contributed by atoms with Crippen LogP contribution in [-0.2, 0) is 9.84 Å². The third kappa shape index (κ3) is 4.41. The van der Waals surface area contributed by atoms with Crippen molar-refractivity contribution in [3.05, 3.63) is 94.0 Å². The van der Waals surface area contributed by atoms with Crippen LogP contribution in [0.3, 0.4) is 0 Å². The van der Waals surface area contributed by atoms with E-state index in [0.29, 0.717) is 22.2 Å². The highest BCUT2D eigenvalue weighted by Crippen LogP contribution is 2.31. The van der Waals surface area contributed by atoms with E-state index in [0.717, 1.165) is 34.5 Å². The number of amides is 1. The van der Waals surface area contributed by atoms with Crippen molar-refractivity contribution in [3.8, 4) is 10.6 Å². The lowest BCUT2D eigenvalue weighted by molar-refractivity contribution is -0.384. The molecule has 0 saturated heterocycles. The smallest absolute Gasteiger partial charge is 0.269 e. The molecular formula is C23H14N4O5S3. The Labute approximate surface area is 206 Å². The van der Waals surface area contributed by atoms with E-state index in [4.69, 9.17) is 0 Å². The van der Waals surface area contributed by atoms with Crippen LogP contribution in [0.2, 0.25) is 0 Å². The fourth-order valence-electron chi connectivity index (χ4n) is 3.38. The maximum Gasteiger partial charge on any atom is 0.269 e. The Morgan fingerprint density at radius 1 is 1.03 bits per heavy atom. The van der Waals surface area contributed by atoms with Crippen LogP contribution in [0.4, 0.5) is 10.8 Å². The summed E-state index contributed by atoms with van der Waals surface area (Å²) >= 11 is 2.30. The largest absolute Gasteiger partial charge is 0.298 e. The van der Waals surface area contributed by atoms with E-state index in [1.807, 2.05) is 35.7 Å². The van der Waals surface area contributed by atoms with Gasteiger partial charge in [0.1, 0.15) is 4.21 Å². The lowest BCUT2D eigenvalue weighted by atomic mass is 10.1. The molecule has 3 aromatic heterocycles. The van der Waals surface area contributed by atoms with Gasteiger partial charge in [-0.2, -0.15) is 0 Å². The quantitative estimate of drug-likeness (QED) is 0.233. The van der Waals surface area contributed by atoms with E-state index in [2.05, 4.69) is 15.3 Å². The van der Waals surface area contributed by atoms with Crippen molar-refractivity contribution >= 4 is 60.1 Å². The number of pyridine rings is 1. The first-order valence-electron chi connectivity index (χ1n) is 10.0. The van der Waals surface area contributed by atoms with Gasteiger partial charge in [0.2, 0.25) is 9.84 Å². The zero-order chi connectivity index (χ0) is 24.6. The second kappa shape index (κ2) is 8.98. The Hall–Kier alpha value is -4.00. The molecular weight excluding hydrogens is 508 g/mol. The number of nitro groups is 1. The van der Waals surface area contributed by atoms with E-state index in [1.165, 1.54) is 23.5 Å². The molecule has 12 heteroatoms. The van der Waals surface area contributed by atoms with Gasteiger partial charge in [-0.25, -0.2) is 18.4 Å². The third-order valence-electron chi connectivity index (χ3n) is 5.06. The molecule has 0 saturated carbocycles. The highest BCUT2D eigenvalue weighted by Gasteiger charge is 2.23. The minimum Gasteiger partial charge on any atom is -0.298 e. The second-order valence-electron chi connectivity index (χ2n) is 7.24. The standard InChI is InChI=1S/C23H14N4O5S3/c28-22(17-12-19(20-6-3-11-33-20)25-18-5-2-1-4-16(17)18)26-23-24-13-21(34-23)35(31,32)15-9-7-14(8-10-15)27(29)30/h1-13H,(H,24,26,28). The van der Waals surface area contributed by atoms with Crippen LogP contribution in [0, 0.1) is 10.1 Å². The summed E-state index contributed by atoms with van der Waals surface area (Å²) in [5, 5.41) is 16.2. The summed E-state index contributed by atoms with van der Waals surface area (Å²) in [4.78, 5) is 32.9. The van der Waals surface area contributed by atoms with E-state index in [-0.39, 0.29) is 19.9 Å². The summed E-state index contributed by atoms with van der Waals surface area (Å²) in [5.74, 6) is -0.449. The van der Waals surface area contributed by atoms with Crippen LogP contribution >= 0.6 is 22.7 Å². The number of benzene rings is 2. The van der Waals surface area contributed by atoms with E-state index in [9.17, 15) is 23.3 Å². The predicted molar refractivity (Wildman–Crippen MR) is 134 cm³/mol. The molecule has 1 N–H and O–H groups in total. The zero-order valence-corrected chi connectivity index (χ0v) is 20.1.